The molecule has 0 radical (unpaired) electrons. The van der Waals surface area contributed by atoms with Crippen LogP contribution >= 0.6 is 11.6 Å². The highest BCUT2D eigenvalue weighted by atomic mass is 35.5. The Labute approximate surface area is 142 Å². The van der Waals surface area contributed by atoms with Crippen LogP contribution in [0.5, 0.6) is 0 Å². The highest BCUT2D eigenvalue weighted by molar-refractivity contribution is 6.30. The van der Waals surface area contributed by atoms with Crippen molar-refractivity contribution in [3.05, 3.63) is 34.9 Å². The number of unbranched alkanes of at least 4 members (excludes halogenated alkanes) is 1. The fourth-order valence-electron chi connectivity index (χ4n) is 1.68. The van der Waals surface area contributed by atoms with Crippen LogP contribution in [-0.2, 0) is 18.9 Å². The molecule has 0 fully saturated rings. The van der Waals surface area contributed by atoms with Crippen molar-refractivity contribution in [1.82, 2.24) is 0 Å². The Balaban J connectivity index is 1.91. The number of rotatable bonds is 13. The van der Waals surface area contributed by atoms with Crippen LogP contribution in [0.3, 0.4) is 0 Å². The molecule has 0 bridgehead atoms. The Hall–Kier alpha value is -1.14. The van der Waals surface area contributed by atoms with Gasteiger partial charge in [0.25, 0.3) is 0 Å². The monoisotopic (exact) mass is 344 g/mol. The summed E-state index contributed by atoms with van der Waals surface area (Å²) >= 11 is 5.81. The summed E-state index contributed by atoms with van der Waals surface area (Å²) in [6.45, 7) is 5.59. The minimum Gasteiger partial charge on any atom is -0.460 e. The Bertz CT molecular complexity index is 439. The summed E-state index contributed by atoms with van der Waals surface area (Å²) < 4.78 is 21.1. The van der Waals surface area contributed by atoms with Crippen molar-refractivity contribution in [1.29, 1.82) is 0 Å². The van der Waals surface area contributed by atoms with Crippen LogP contribution in [0, 0.1) is 0 Å². The second-order valence-electron chi connectivity index (χ2n) is 4.84. The van der Waals surface area contributed by atoms with Crippen LogP contribution in [0.2, 0.25) is 5.02 Å². The lowest BCUT2D eigenvalue weighted by Gasteiger charge is -2.07. The van der Waals surface area contributed by atoms with Crippen LogP contribution in [-0.4, -0.2) is 52.2 Å². The quantitative estimate of drug-likeness (QED) is 0.406. The molecular formula is C17H25ClO5. The maximum Gasteiger partial charge on any atom is 0.338 e. The summed E-state index contributed by atoms with van der Waals surface area (Å²) in [6.07, 6.45) is 2.22. The van der Waals surface area contributed by atoms with E-state index in [9.17, 15) is 4.79 Å². The number of hydrogen-bond donors (Lipinski definition) is 0. The van der Waals surface area contributed by atoms with Crippen molar-refractivity contribution in [3.63, 3.8) is 0 Å². The molecule has 0 heterocycles. The zero-order valence-electron chi connectivity index (χ0n) is 13.6. The van der Waals surface area contributed by atoms with Gasteiger partial charge in [-0.25, -0.2) is 4.79 Å². The van der Waals surface area contributed by atoms with Crippen LogP contribution in [0.4, 0.5) is 0 Å². The van der Waals surface area contributed by atoms with Crippen molar-refractivity contribution in [2.75, 3.05) is 46.2 Å². The predicted octanol–water partition coefficient (Wildman–Crippen LogP) is 3.35. The van der Waals surface area contributed by atoms with Gasteiger partial charge >= 0.3 is 5.97 Å². The Morgan fingerprint density at radius 1 is 0.957 bits per heavy atom. The topological polar surface area (TPSA) is 54.0 Å². The number of carbonyl (C=O) groups excluding carboxylic acids is 1. The molecule has 1 aromatic carbocycles. The summed E-state index contributed by atoms with van der Waals surface area (Å²) in [5.74, 6) is -0.406. The van der Waals surface area contributed by atoms with Gasteiger partial charge in [0, 0.05) is 11.6 Å². The normalized spacial score (nSPS) is 10.7. The Morgan fingerprint density at radius 3 is 2.17 bits per heavy atom. The first-order valence-electron chi connectivity index (χ1n) is 7.90. The Morgan fingerprint density at radius 2 is 1.57 bits per heavy atom. The van der Waals surface area contributed by atoms with Crippen molar-refractivity contribution < 1.29 is 23.7 Å². The molecule has 130 valence electrons. The third-order valence-electron chi connectivity index (χ3n) is 2.91. The second-order valence-corrected chi connectivity index (χ2v) is 5.27. The van der Waals surface area contributed by atoms with Crippen molar-refractivity contribution in [3.8, 4) is 0 Å². The Kier molecular flexibility index (Phi) is 11.5. The standard InChI is InChI=1S/C17H25ClO5/c1-2-3-7-20-8-9-21-10-11-22-12-13-23-17(19)15-5-4-6-16(18)14-15/h4-6,14H,2-3,7-13H2,1H3. The van der Waals surface area contributed by atoms with E-state index in [4.69, 9.17) is 30.5 Å². The molecule has 0 aliphatic rings. The summed E-state index contributed by atoms with van der Waals surface area (Å²) in [5, 5.41) is 0.506. The smallest absolute Gasteiger partial charge is 0.338 e. The molecule has 6 heteroatoms. The van der Waals surface area contributed by atoms with Gasteiger partial charge in [-0.2, -0.15) is 0 Å². The van der Waals surface area contributed by atoms with E-state index in [1.807, 2.05) is 0 Å². The van der Waals surface area contributed by atoms with Crippen molar-refractivity contribution in [2.24, 2.45) is 0 Å². The van der Waals surface area contributed by atoms with Gasteiger partial charge in [-0.1, -0.05) is 31.0 Å². The first-order chi connectivity index (χ1) is 11.2. The van der Waals surface area contributed by atoms with Crippen LogP contribution in [0.15, 0.2) is 24.3 Å². The van der Waals surface area contributed by atoms with E-state index in [1.165, 1.54) is 0 Å². The molecule has 0 unspecified atom stereocenters. The van der Waals surface area contributed by atoms with Gasteiger partial charge in [0.2, 0.25) is 0 Å². The van der Waals surface area contributed by atoms with Gasteiger partial charge < -0.3 is 18.9 Å². The van der Waals surface area contributed by atoms with Crippen LogP contribution in [0.25, 0.3) is 0 Å². The summed E-state index contributed by atoms with van der Waals surface area (Å²) in [4.78, 5) is 11.7. The lowest BCUT2D eigenvalue weighted by atomic mass is 10.2. The molecule has 0 saturated carbocycles. The molecule has 0 N–H and O–H groups in total. The predicted molar refractivity (Wildman–Crippen MR) is 89.1 cm³/mol. The van der Waals surface area contributed by atoms with E-state index in [1.54, 1.807) is 24.3 Å². The minimum atomic E-state index is -0.406. The molecule has 0 saturated heterocycles. The minimum absolute atomic E-state index is 0.200. The number of esters is 1. The average molecular weight is 345 g/mol. The van der Waals surface area contributed by atoms with Gasteiger partial charge in [0.15, 0.2) is 0 Å². The molecule has 0 aliphatic heterocycles. The lowest BCUT2D eigenvalue weighted by molar-refractivity contribution is 0.000288. The molecular weight excluding hydrogens is 320 g/mol. The number of halogens is 1. The fourth-order valence-corrected chi connectivity index (χ4v) is 1.87. The van der Waals surface area contributed by atoms with Crippen LogP contribution in [0.1, 0.15) is 30.1 Å². The van der Waals surface area contributed by atoms with E-state index in [0.29, 0.717) is 43.6 Å². The highest BCUT2D eigenvalue weighted by Gasteiger charge is 2.06. The number of benzene rings is 1. The average Bonchev–Trinajstić information content (AvgIpc) is 2.55. The zero-order chi connectivity index (χ0) is 16.8. The largest absolute Gasteiger partial charge is 0.460 e. The van der Waals surface area contributed by atoms with E-state index in [2.05, 4.69) is 6.92 Å². The summed E-state index contributed by atoms with van der Waals surface area (Å²) in [7, 11) is 0. The molecule has 1 rings (SSSR count). The van der Waals surface area contributed by atoms with E-state index in [-0.39, 0.29) is 6.61 Å². The second kappa shape index (κ2) is 13.3. The lowest BCUT2D eigenvalue weighted by Crippen LogP contribution is -2.14. The van der Waals surface area contributed by atoms with E-state index < -0.39 is 5.97 Å². The van der Waals surface area contributed by atoms with E-state index >= 15 is 0 Å². The molecule has 0 atom stereocenters. The van der Waals surface area contributed by atoms with Gasteiger partial charge in [-0.15, -0.1) is 0 Å². The van der Waals surface area contributed by atoms with Crippen molar-refractivity contribution >= 4 is 17.6 Å². The van der Waals surface area contributed by atoms with Gasteiger partial charge in [-0.3, -0.25) is 0 Å². The maximum atomic E-state index is 11.7. The molecule has 0 spiro atoms. The molecule has 1 aromatic rings. The number of ether oxygens (including phenoxy) is 4. The van der Waals surface area contributed by atoms with Gasteiger partial charge in [0.1, 0.15) is 6.61 Å². The fraction of sp³-hybridized carbons (Fsp3) is 0.588. The summed E-state index contributed by atoms with van der Waals surface area (Å²) in [5.41, 5.74) is 0.434. The third kappa shape index (κ3) is 10.3. The SMILES string of the molecule is CCCCOCCOCCOCCOC(=O)c1cccc(Cl)c1. The first kappa shape index (κ1) is 19.9. The number of carbonyl (C=O) groups is 1. The third-order valence-corrected chi connectivity index (χ3v) is 3.14. The number of hydrogen-bond acceptors (Lipinski definition) is 5. The molecule has 0 aliphatic carbocycles. The maximum absolute atomic E-state index is 11.7. The van der Waals surface area contributed by atoms with Gasteiger partial charge in [-0.05, 0) is 24.6 Å². The van der Waals surface area contributed by atoms with Crippen LogP contribution < -0.4 is 0 Å². The van der Waals surface area contributed by atoms with E-state index in [0.717, 1.165) is 19.4 Å². The molecule has 23 heavy (non-hydrogen) atoms. The molecule has 5 nitrogen and oxygen atoms in total. The highest BCUT2D eigenvalue weighted by Crippen LogP contribution is 2.11. The molecule has 0 amide bonds. The first-order valence-corrected chi connectivity index (χ1v) is 8.27. The zero-order valence-corrected chi connectivity index (χ0v) is 14.3. The summed E-state index contributed by atoms with van der Waals surface area (Å²) in [6, 6.07) is 6.64. The molecule has 0 aromatic heterocycles. The van der Waals surface area contributed by atoms with Crippen molar-refractivity contribution in [2.45, 2.75) is 19.8 Å². The van der Waals surface area contributed by atoms with Gasteiger partial charge in [0.05, 0.1) is 38.6 Å².